The van der Waals surface area contributed by atoms with Crippen LogP contribution in [0.3, 0.4) is 0 Å². The second kappa shape index (κ2) is 5.68. The summed E-state index contributed by atoms with van der Waals surface area (Å²) in [6.07, 6.45) is 3.08. The molecule has 1 aromatic rings. The third kappa shape index (κ3) is 3.29. The van der Waals surface area contributed by atoms with E-state index in [2.05, 4.69) is 4.72 Å². The normalized spacial score (nSPS) is 27.7. The quantitative estimate of drug-likeness (QED) is 0.864. The van der Waals surface area contributed by atoms with Gasteiger partial charge in [0, 0.05) is 12.6 Å². The smallest absolute Gasteiger partial charge is 0.240 e. The predicted molar refractivity (Wildman–Crippen MR) is 80.2 cm³/mol. The van der Waals surface area contributed by atoms with Gasteiger partial charge < -0.3 is 10.5 Å². The van der Waals surface area contributed by atoms with E-state index < -0.39 is 10.0 Å². The summed E-state index contributed by atoms with van der Waals surface area (Å²) in [5, 5.41) is 0. The standard InChI is InChI=1S/C15H22N2O3S/c1-10(16)11-4-6-13(7-5-11)21(18,19)17-14-8-9-20-15(14)12-2-3-12/h4-7,10,12,14-15,17H,2-3,8-9,16H2,1H3. The number of rotatable bonds is 5. The molecule has 1 saturated heterocycles. The lowest BCUT2D eigenvalue weighted by Crippen LogP contribution is -2.41. The lowest BCUT2D eigenvalue weighted by Gasteiger charge is -2.19. The van der Waals surface area contributed by atoms with Gasteiger partial charge in [0.05, 0.1) is 17.0 Å². The molecule has 6 heteroatoms. The number of sulfonamides is 1. The van der Waals surface area contributed by atoms with E-state index in [1.54, 1.807) is 24.3 Å². The van der Waals surface area contributed by atoms with Crippen molar-refractivity contribution in [2.45, 2.75) is 49.3 Å². The van der Waals surface area contributed by atoms with Crippen molar-refractivity contribution in [2.75, 3.05) is 6.61 Å². The van der Waals surface area contributed by atoms with Crippen LogP contribution in [0.5, 0.6) is 0 Å². The van der Waals surface area contributed by atoms with Crippen LogP contribution in [0, 0.1) is 5.92 Å². The molecule has 1 aliphatic carbocycles. The highest BCUT2D eigenvalue weighted by Crippen LogP contribution is 2.39. The van der Waals surface area contributed by atoms with Crippen LogP contribution in [0.4, 0.5) is 0 Å². The Morgan fingerprint density at radius 3 is 2.48 bits per heavy atom. The summed E-state index contributed by atoms with van der Waals surface area (Å²) in [4.78, 5) is 0.286. The van der Waals surface area contributed by atoms with Gasteiger partial charge in [-0.3, -0.25) is 0 Å². The molecule has 116 valence electrons. The second-order valence-corrected chi connectivity index (χ2v) is 7.76. The largest absolute Gasteiger partial charge is 0.376 e. The third-order valence-electron chi connectivity index (χ3n) is 4.25. The molecule has 0 bridgehead atoms. The molecular weight excluding hydrogens is 288 g/mol. The molecule has 3 atom stereocenters. The highest BCUT2D eigenvalue weighted by atomic mass is 32.2. The minimum Gasteiger partial charge on any atom is -0.376 e. The first kappa shape index (κ1) is 15.0. The van der Waals surface area contributed by atoms with Crippen molar-refractivity contribution in [2.24, 2.45) is 11.7 Å². The zero-order valence-electron chi connectivity index (χ0n) is 12.2. The van der Waals surface area contributed by atoms with Crippen LogP contribution in [-0.2, 0) is 14.8 Å². The molecule has 3 rings (SSSR count). The van der Waals surface area contributed by atoms with Crippen LogP contribution in [0.2, 0.25) is 0 Å². The monoisotopic (exact) mass is 310 g/mol. The average molecular weight is 310 g/mol. The maximum absolute atomic E-state index is 12.5. The molecule has 0 spiro atoms. The van der Waals surface area contributed by atoms with E-state index in [4.69, 9.17) is 10.5 Å². The Kier molecular flexibility index (Phi) is 4.05. The van der Waals surface area contributed by atoms with Gasteiger partial charge in [0.1, 0.15) is 0 Å². The summed E-state index contributed by atoms with van der Waals surface area (Å²) in [5.74, 6) is 0.528. The number of nitrogens with two attached hydrogens (primary N) is 1. The summed E-state index contributed by atoms with van der Waals surface area (Å²) in [7, 11) is -3.50. The van der Waals surface area contributed by atoms with E-state index in [0.29, 0.717) is 12.5 Å². The molecule has 1 aromatic carbocycles. The van der Waals surface area contributed by atoms with Crippen molar-refractivity contribution in [3.8, 4) is 0 Å². The van der Waals surface area contributed by atoms with Crippen LogP contribution >= 0.6 is 0 Å². The molecule has 1 aliphatic heterocycles. The lowest BCUT2D eigenvalue weighted by atomic mass is 10.1. The first-order valence-corrected chi connectivity index (χ1v) is 8.95. The van der Waals surface area contributed by atoms with Crippen LogP contribution in [0.25, 0.3) is 0 Å². The fourth-order valence-electron chi connectivity index (χ4n) is 2.84. The lowest BCUT2D eigenvalue weighted by molar-refractivity contribution is 0.0848. The van der Waals surface area contributed by atoms with E-state index in [-0.39, 0.29) is 23.1 Å². The molecule has 2 aliphatic rings. The molecule has 21 heavy (non-hydrogen) atoms. The van der Waals surface area contributed by atoms with Gasteiger partial charge in [0.15, 0.2) is 0 Å². The average Bonchev–Trinajstić information content (AvgIpc) is 3.19. The zero-order valence-corrected chi connectivity index (χ0v) is 13.0. The molecule has 0 aromatic heterocycles. The van der Waals surface area contributed by atoms with Crippen LogP contribution in [0.15, 0.2) is 29.2 Å². The Labute approximate surface area is 125 Å². The highest BCUT2D eigenvalue weighted by molar-refractivity contribution is 7.89. The van der Waals surface area contributed by atoms with Crippen LogP contribution in [0.1, 0.15) is 37.8 Å². The van der Waals surface area contributed by atoms with Crippen molar-refractivity contribution < 1.29 is 13.2 Å². The van der Waals surface area contributed by atoms with E-state index >= 15 is 0 Å². The Morgan fingerprint density at radius 2 is 1.90 bits per heavy atom. The Bertz CT molecular complexity index is 594. The van der Waals surface area contributed by atoms with Crippen LogP contribution in [-0.4, -0.2) is 27.2 Å². The number of nitrogens with one attached hydrogen (secondary N) is 1. The van der Waals surface area contributed by atoms with Crippen molar-refractivity contribution in [1.29, 1.82) is 0 Å². The Morgan fingerprint density at radius 1 is 1.24 bits per heavy atom. The van der Waals surface area contributed by atoms with E-state index in [1.165, 1.54) is 0 Å². The molecule has 3 N–H and O–H groups in total. The molecule has 2 fully saturated rings. The van der Waals surface area contributed by atoms with Gasteiger partial charge in [-0.05, 0) is 49.8 Å². The van der Waals surface area contributed by atoms with E-state index in [0.717, 1.165) is 24.8 Å². The summed E-state index contributed by atoms with van der Waals surface area (Å²) in [5.41, 5.74) is 6.71. The number of hydrogen-bond donors (Lipinski definition) is 2. The number of ether oxygens (including phenoxy) is 1. The SMILES string of the molecule is CC(N)c1ccc(S(=O)(=O)NC2CCOC2C2CC2)cc1. The predicted octanol–water partition coefficient (Wildman–Crippen LogP) is 1.55. The van der Waals surface area contributed by atoms with E-state index in [1.807, 2.05) is 6.92 Å². The third-order valence-corrected chi connectivity index (χ3v) is 5.75. The Balaban J connectivity index is 1.73. The number of hydrogen-bond acceptors (Lipinski definition) is 4. The molecule has 3 unspecified atom stereocenters. The van der Waals surface area contributed by atoms with Gasteiger partial charge >= 0.3 is 0 Å². The first-order chi connectivity index (χ1) is 9.97. The maximum Gasteiger partial charge on any atom is 0.240 e. The fourth-order valence-corrected chi connectivity index (χ4v) is 4.13. The molecule has 0 radical (unpaired) electrons. The van der Waals surface area contributed by atoms with Gasteiger partial charge in [0.2, 0.25) is 10.0 Å². The molecule has 1 heterocycles. The molecule has 1 saturated carbocycles. The zero-order chi connectivity index (χ0) is 15.0. The van der Waals surface area contributed by atoms with E-state index in [9.17, 15) is 8.42 Å². The minimum absolute atomic E-state index is 0.0445. The van der Waals surface area contributed by atoms with Gasteiger partial charge in [-0.1, -0.05) is 12.1 Å². The van der Waals surface area contributed by atoms with Crippen molar-refractivity contribution in [3.63, 3.8) is 0 Å². The summed E-state index contributed by atoms with van der Waals surface area (Å²) in [6.45, 7) is 2.51. The van der Waals surface area contributed by atoms with Crippen molar-refractivity contribution in [3.05, 3.63) is 29.8 Å². The molecule has 0 amide bonds. The molecular formula is C15H22N2O3S. The summed E-state index contributed by atoms with van der Waals surface area (Å²) in [6, 6.07) is 6.56. The summed E-state index contributed by atoms with van der Waals surface area (Å²) >= 11 is 0. The topological polar surface area (TPSA) is 81.4 Å². The minimum atomic E-state index is -3.50. The van der Waals surface area contributed by atoms with Crippen molar-refractivity contribution in [1.82, 2.24) is 4.72 Å². The second-order valence-electron chi connectivity index (χ2n) is 6.05. The fraction of sp³-hybridized carbons (Fsp3) is 0.600. The maximum atomic E-state index is 12.5. The molecule has 5 nitrogen and oxygen atoms in total. The van der Waals surface area contributed by atoms with Gasteiger partial charge in [-0.2, -0.15) is 0 Å². The van der Waals surface area contributed by atoms with Crippen molar-refractivity contribution >= 4 is 10.0 Å². The summed E-state index contributed by atoms with van der Waals surface area (Å²) < 4.78 is 33.4. The van der Waals surface area contributed by atoms with Gasteiger partial charge in [0.25, 0.3) is 0 Å². The first-order valence-electron chi connectivity index (χ1n) is 7.47. The van der Waals surface area contributed by atoms with Gasteiger partial charge in [-0.15, -0.1) is 0 Å². The number of benzene rings is 1. The van der Waals surface area contributed by atoms with Crippen LogP contribution < -0.4 is 10.5 Å². The Hall–Kier alpha value is -0.950. The van der Waals surface area contributed by atoms with Gasteiger partial charge in [-0.25, -0.2) is 13.1 Å². The highest BCUT2D eigenvalue weighted by Gasteiger charge is 2.42.